The van der Waals surface area contributed by atoms with E-state index in [9.17, 15) is 10.5 Å². The standard InChI is InChI=1S/C56H66N6S5/c1-9-15-19-21-25-39-27-47(63-45(39)29-41(33-57)59-7)49-31-43-53(65-49)55-51(61(43)35-37(13-5)23-17-11-3)52-56(67-55)54-44(62(52)36-38(14-6)24-18-12-4)32-50(66-54)48-28-40(26-22-20-16-10-2)46(64-48)30-42(34-58)60-8/h27-32,37-38H,9-26,35-36H2,1-6H3/b41-29-,42-30+. The van der Waals surface area contributed by atoms with E-state index in [4.69, 9.17) is 13.1 Å². The van der Waals surface area contributed by atoms with Crippen LogP contribution in [0.1, 0.15) is 165 Å². The average molecular weight is 984 g/mol. The van der Waals surface area contributed by atoms with E-state index >= 15 is 0 Å². The van der Waals surface area contributed by atoms with Gasteiger partial charge < -0.3 is 9.13 Å². The molecule has 7 heterocycles. The van der Waals surface area contributed by atoms with Crippen molar-refractivity contribution in [1.29, 1.82) is 10.5 Å². The molecule has 0 N–H and O–H groups in total. The average Bonchev–Trinajstić information content (AvgIpc) is 4.22. The molecule has 0 radical (unpaired) electrons. The van der Waals surface area contributed by atoms with E-state index < -0.39 is 0 Å². The summed E-state index contributed by atoms with van der Waals surface area (Å²) in [5.74, 6) is 1.16. The lowest BCUT2D eigenvalue weighted by Gasteiger charge is -2.19. The number of unbranched alkanes of at least 4 members (excludes halogenated alkanes) is 8. The summed E-state index contributed by atoms with van der Waals surface area (Å²) in [7, 11) is 0. The van der Waals surface area contributed by atoms with E-state index in [2.05, 4.69) is 96.8 Å². The number of nitrogens with zero attached hydrogens (tertiary/aromatic N) is 6. The van der Waals surface area contributed by atoms with Crippen LogP contribution in [-0.4, -0.2) is 9.13 Å². The number of hydrogen-bond acceptors (Lipinski definition) is 7. The maximum absolute atomic E-state index is 9.73. The molecular formula is C56H66N6S5. The predicted octanol–water partition coefficient (Wildman–Crippen LogP) is 19.8. The Morgan fingerprint density at radius 2 is 0.940 bits per heavy atom. The summed E-state index contributed by atoms with van der Waals surface area (Å²) in [6, 6.07) is 13.9. The minimum atomic E-state index is 0.145. The van der Waals surface area contributed by atoms with Crippen molar-refractivity contribution in [2.24, 2.45) is 11.8 Å². The molecule has 2 unspecified atom stereocenters. The molecule has 11 heteroatoms. The summed E-state index contributed by atoms with van der Waals surface area (Å²) in [5.41, 5.74) is 8.27. The van der Waals surface area contributed by atoms with E-state index in [1.807, 2.05) is 46.2 Å². The second kappa shape index (κ2) is 24.2. The highest BCUT2D eigenvalue weighted by Gasteiger charge is 2.28. The number of fused-ring (bicyclic) bond motifs is 7. The SMILES string of the molecule is [C-]#[N+]/C(C#N)=C\c1sc(-c2cc3c(s2)c2sc4c5sc(-c6cc(CCCCCC)c(/C=C(\C#N)[N+]#[C-])s6)cc5n(CC(CC)CCCC)c4c2n3CC(CC)CCCC)cc1CCCCCC. The van der Waals surface area contributed by atoms with Crippen LogP contribution in [0.4, 0.5) is 0 Å². The van der Waals surface area contributed by atoms with Gasteiger partial charge in [-0.2, -0.15) is 0 Å². The minimum Gasteiger partial charge on any atom is -0.337 e. The zero-order valence-electron chi connectivity index (χ0n) is 40.5. The molecule has 7 aromatic heterocycles. The number of thiophene rings is 5. The van der Waals surface area contributed by atoms with Gasteiger partial charge >= 0.3 is 0 Å². The van der Waals surface area contributed by atoms with E-state index in [0.717, 1.165) is 61.4 Å². The van der Waals surface area contributed by atoms with Crippen molar-refractivity contribution in [3.05, 3.63) is 79.4 Å². The topological polar surface area (TPSA) is 66.2 Å². The first-order valence-corrected chi connectivity index (χ1v) is 29.1. The third-order valence-corrected chi connectivity index (χ3v) is 19.9. The Hall–Kier alpha value is -4.46. The van der Waals surface area contributed by atoms with E-state index in [1.165, 1.54) is 149 Å². The van der Waals surface area contributed by atoms with Crippen molar-refractivity contribution >= 4 is 110 Å². The number of rotatable bonds is 26. The molecular weight excluding hydrogens is 917 g/mol. The lowest BCUT2D eigenvalue weighted by molar-refractivity contribution is 0.398. The fourth-order valence-electron chi connectivity index (χ4n) is 9.60. The van der Waals surface area contributed by atoms with Gasteiger partial charge in [-0.05, 0) is 97.9 Å². The van der Waals surface area contributed by atoms with Crippen LogP contribution in [0, 0.1) is 47.6 Å². The van der Waals surface area contributed by atoms with Crippen LogP contribution in [0.25, 0.3) is 82.2 Å². The van der Waals surface area contributed by atoms with Crippen LogP contribution < -0.4 is 0 Å². The molecule has 0 aromatic carbocycles. The second-order valence-electron chi connectivity index (χ2n) is 18.3. The first-order chi connectivity index (χ1) is 32.8. The monoisotopic (exact) mass is 982 g/mol. The van der Waals surface area contributed by atoms with Gasteiger partial charge in [-0.15, -0.1) is 56.7 Å². The molecule has 0 amide bonds. The molecule has 6 nitrogen and oxygen atoms in total. The maximum Gasteiger partial charge on any atom is 0.263 e. The largest absolute Gasteiger partial charge is 0.337 e. The van der Waals surface area contributed by atoms with Gasteiger partial charge in [0.2, 0.25) is 0 Å². The number of nitriles is 2. The lowest BCUT2D eigenvalue weighted by atomic mass is 9.99. The van der Waals surface area contributed by atoms with Gasteiger partial charge in [0, 0.05) is 42.4 Å². The molecule has 0 aliphatic rings. The highest BCUT2D eigenvalue weighted by atomic mass is 32.1. The zero-order chi connectivity index (χ0) is 47.5. The molecule has 0 aliphatic carbocycles. The van der Waals surface area contributed by atoms with Crippen molar-refractivity contribution in [1.82, 2.24) is 9.13 Å². The summed E-state index contributed by atoms with van der Waals surface area (Å²) in [4.78, 5) is 14.2. The highest BCUT2D eigenvalue weighted by Crippen LogP contribution is 2.53. The van der Waals surface area contributed by atoms with Crippen LogP contribution >= 0.6 is 56.7 Å². The molecule has 0 spiro atoms. The van der Waals surface area contributed by atoms with Gasteiger partial charge in [0.15, 0.2) is 0 Å². The van der Waals surface area contributed by atoms with Gasteiger partial charge in [-0.3, -0.25) is 0 Å². The molecule has 2 atom stereocenters. The van der Waals surface area contributed by atoms with Crippen molar-refractivity contribution in [2.45, 2.75) is 170 Å². The van der Waals surface area contributed by atoms with Crippen molar-refractivity contribution in [3.63, 3.8) is 0 Å². The Labute approximate surface area is 419 Å². The van der Waals surface area contributed by atoms with Crippen molar-refractivity contribution in [2.75, 3.05) is 0 Å². The van der Waals surface area contributed by atoms with Crippen LogP contribution in [0.15, 0.2) is 35.7 Å². The third kappa shape index (κ3) is 11.2. The first-order valence-electron chi connectivity index (χ1n) is 25.0. The summed E-state index contributed by atoms with van der Waals surface area (Å²) in [6.07, 6.45) is 24.6. The molecule has 0 saturated carbocycles. The van der Waals surface area contributed by atoms with Crippen LogP contribution in [-0.2, 0) is 25.9 Å². The zero-order valence-corrected chi connectivity index (χ0v) is 44.6. The van der Waals surface area contributed by atoms with Crippen molar-refractivity contribution in [3.8, 4) is 31.6 Å². The second-order valence-corrected chi connectivity index (χ2v) is 23.6. The fraction of sp³-hybridized carbons (Fsp3) is 0.500. The number of allylic oxidation sites excluding steroid dienone is 2. The van der Waals surface area contributed by atoms with Gasteiger partial charge in [0.25, 0.3) is 11.4 Å². The van der Waals surface area contributed by atoms with E-state index in [-0.39, 0.29) is 11.4 Å². The Morgan fingerprint density at radius 3 is 1.30 bits per heavy atom. The molecule has 0 bridgehead atoms. The lowest BCUT2D eigenvalue weighted by Crippen LogP contribution is -2.12. The number of hydrogen-bond donors (Lipinski definition) is 0. The van der Waals surface area contributed by atoms with Gasteiger partial charge in [-0.1, -0.05) is 119 Å². The quantitative estimate of drug-likeness (QED) is 0.0308. The summed E-state index contributed by atoms with van der Waals surface area (Å²) >= 11 is 9.30. The first kappa shape index (κ1) is 50.4. The Kier molecular flexibility index (Phi) is 18.2. The van der Waals surface area contributed by atoms with Crippen LogP contribution in [0.3, 0.4) is 0 Å². The Morgan fingerprint density at radius 1 is 0.537 bits per heavy atom. The van der Waals surface area contributed by atoms with Gasteiger partial charge in [-0.25, -0.2) is 20.2 Å². The van der Waals surface area contributed by atoms with Gasteiger partial charge in [0.05, 0.1) is 66.1 Å². The number of aromatic nitrogens is 2. The predicted molar refractivity (Wildman–Crippen MR) is 295 cm³/mol. The Bertz CT molecular complexity index is 2790. The normalized spacial score (nSPS) is 13.2. The summed E-state index contributed by atoms with van der Waals surface area (Å²) in [6.45, 7) is 31.1. The van der Waals surface area contributed by atoms with Crippen LogP contribution in [0.5, 0.6) is 0 Å². The minimum absolute atomic E-state index is 0.145. The molecule has 7 rings (SSSR count). The van der Waals surface area contributed by atoms with Crippen LogP contribution in [0.2, 0.25) is 0 Å². The molecule has 0 aliphatic heterocycles. The Balaban J connectivity index is 1.44. The third-order valence-electron chi connectivity index (χ3n) is 13.6. The molecule has 67 heavy (non-hydrogen) atoms. The maximum atomic E-state index is 9.73. The number of aryl methyl sites for hydroxylation is 2. The summed E-state index contributed by atoms with van der Waals surface area (Å²) < 4.78 is 11.0. The van der Waals surface area contributed by atoms with E-state index in [0.29, 0.717) is 11.8 Å². The molecule has 350 valence electrons. The molecule has 7 aromatic rings. The van der Waals surface area contributed by atoms with Crippen molar-refractivity contribution < 1.29 is 0 Å². The smallest absolute Gasteiger partial charge is 0.263 e. The molecule has 0 fully saturated rings. The van der Waals surface area contributed by atoms with Gasteiger partial charge in [0.1, 0.15) is 0 Å². The fourth-order valence-corrected chi connectivity index (χ4v) is 16.0. The molecule has 0 saturated heterocycles. The summed E-state index contributed by atoms with van der Waals surface area (Å²) in [5, 5.41) is 19.5. The highest BCUT2D eigenvalue weighted by molar-refractivity contribution is 7.36. The van der Waals surface area contributed by atoms with E-state index in [1.54, 1.807) is 22.7 Å².